The van der Waals surface area contributed by atoms with Crippen LogP contribution in [0, 0.1) is 27.7 Å². The molecule has 0 saturated heterocycles. The summed E-state index contributed by atoms with van der Waals surface area (Å²) in [6, 6.07) is 24.0. The minimum Gasteiger partial charge on any atom is -0.250 e. The standard InChI is InChI=1S/2C6H11N3.2C6H6.2C4H10/c2*1-4-9-6(3)5(2)7-8-9;2*1-2-4-6-5-3-1;2*1-3-4-2/h2*4H2,1-3H3;2*1-6H;2*3-4H2,1-2H3. The highest BCUT2D eigenvalue weighted by atomic mass is 15.4. The summed E-state index contributed by atoms with van der Waals surface area (Å²) in [5.74, 6) is 0. The molecule has 6 heteroatoms. The molecule has 0 aliphatic heterocycles. The van der Waals surface area contributed by atoms with Crippen LogP contribution in [-0.2, 0) is 13.1 Å². The van der Waals surface area contributed by atoms with Crippen molar-refractivity contribution in [2.24, 2.45) is 0 Å². The number of hydrogen-bond donors (Lipinski definition) is 0. The van der Waals surface area contributed by atoms with Gasteiger partial charge in [-0.1, -0.05) is 137 Å². The van der Waals surface area contributed by atoms with Crippen molar-refractivity contribution >= 4 is 0 Å². The Labute approximate surface area is 233 Å². The largest absolute Gasteiger partial charge is 0.250 e. The van der Waals surface area contributed by atoms with Gasteiger partial charge in [-0.2, -0.15) is 0 Å². The number of benzene rings is 2. The molecule has 2 heterocycles. The minimum atomic E-state index is 0.909. The van der Waals surface area contributed by atoms with E-state index in [-0.39, 0.29) is 0 Å². The van der Waals surface area contributed by atoms with Crippen molar-refractivity contribution in [1.29, 1.82) is 0 Å². The second-order valence-electron chi connectivity index (χ2n) is 8.46. The number of hydrogen-bond acceptors (Lipinski definition) is 4. The minimum absolute atomic E-state index is 0.909. The van der Waals surface area contributed by atoms with Gasteiger partial charge >= 0.3 is 0 Å². The summed E-state index contributed by atoms with van der Waals surface area (Å²) >= 11 is 0. The molecule has 4 aromatic rings. The van der Waals surface area contributed by atoms with Gasteiger partial charge in [0.05, 0.1) is 22.8 Å². The first kappa shape index (κ1) is 36.9. The van der Waals surface area contributed by atoms with Crippen molar-refractivity contribution in [3.63, 3.8) is 0 Å². The molecule has 0 spiro atoms. The molecule has 0 fully saturated rings. The molecule has 38 heavy (non-hydrogen) atoms. The lowest BCUT2D eigenvalue weighted by atomic mass is 10.4. The van der Waals surface area contributed by atoms with E-state index in [1.807, 2.05) is 110 Å². The van der Waals surface area contributed by atoms with Crippen LogP contribution in [0.15, 0.2) is 72.8 Å². The van der Waals surface area contributed by atoms with E-state index in [0.29, 0.717) is 0 Å². The predicted octanol–water partition coefficient (Wildman–Crippen LogP) is 8.82. The van der Waals surface area contributed by atoms with E-state index in [1.54, 1.807) is 0 Å². The van der Waals surface area contributed by atoms with Gasteiger partial charge in [-0.3, -0.25) is 0 Å². The Morgan fingerprint density at radius 1 is 0.421 bits per heavy atom. The Hall–Kier alpha value is -3.28. The number of aromatic nitrogens is 6. The third kappa shape index (κ3) is 19.9. The summed E-state index contributed by atoms with van der Waals surface area (Å²) in [6.07, 6.45) is 5.28. The zero-order chi connectivity index (χ0) is 29.0. The first-order valence-electron chi connectivity index (χ1n) is 14.1. The highest BCUT2D eigenvalue weighted by Gasteiger charge is 1.99. The van der Waals surface area contributed by atoms with E-state index in [0.717, 1.165) is 35.9 Å². The van der Waals surface area contributed by atoms with Crippen LogP contribution < -0.4 is 0 Å². The first-order chi connectivity index (χ1) is 18.3. The Bertz CT molecular complexity index is 839. The summed E-state index contributed by atoms with van der Waals surface area (Å²) in [7, 11) is 0. The number of rotatable bonds is 4. The zero-order valence-corrected chi connectivity index (χ0v) is 25.9. The third-order valence-corrected chi connectivity index (χ3v) is 5.36. The molecule has 0 amide bonds. The lowest BCUT2D eigenvalue weighted by Crippen LogP contribution is -1.98. The van der Waals surface area contributed by atoms with Gasteiger partial charge in [-0.15, -0.1) is 10.2 Å². The maximum absolute atomic E-state index is 3.90. The van der Waals surface area contributed by atoms with Gasteiger partial charge in [0.1, 0.15) is 0 Å². The molecular formula is C32H54N6. The Morgan fingerprint density at radius 2 is 0.632 bits per heavy atom. The maximum Gasteiger partial charge on any atom is 0.0825 e. The van der Waals surface area contributed by atoms with Crippen molar-refractivity contribution in [1.82, 2.24) is 30.0 Å². The third-order valence-electron chi connectivity index (χ3n) is 5.36. The molecule has 0 N–H and O–H groups in total. The molecule has 0 unspecified atom stereocenters. The summed E-state index contributed by atoms with van der Waals surface area (Å²) in [6.45, 7) is 22.6. The second kappa shape index (κ2) is 26.8. The molecule has 0 bridgehead atoms. The van der Waals surface area contributed by atoms with Gasteiger partial charge in [0.25, 0.3) is 0 Å². The highest BCUT2D eigenvalue weighted by molar-refractivity contribution is 5.04. The molecule has 6 nitrogen and oxygen atoms in total. The van der Waals surface area contributed by atoms with Crippen molar-refractivity contribution in [2.45, 2.75) is 108 Å². The molecule has 4 rings (SSSR count). The SMILES string of the molecule is CCCC.CCCC.CCn1nnc(C)c1C.CCn1nnc(C)c1C.c1ccccc1.c1ccccc1. The van der Waals surface area contributed by atoms with Crippen LogP contribution in [0.25, 0.3) is 0 Å². The van der Waals surface area contributed by atoms with Crippen LogP contribution in [-0.4, -0.2) is 30.0 Å². The monoisotopic (exact) mass is 522 g/mol. The normalized spacial score (nSPS) is 8.89. The quantitative estimate of drug-likeness (QED) is 0.269. The fourth-order valence-corrected chi connectivity index (χ4v) is 2.27. The molecular weight excluding hydrogens is 468 g/mol. The first-order valence-corrected chi connectivity index (χ1v) is 14.1. The second-order valence-corrected chi connectivity index (χ2v) is 8.46. The van der Waals surface area contributed by atoms with Gasteiger partial charge in [0, 0.05) is 13.1 Å². The van der Waals surface area contributed by atoms with Crippen LogP contribution in [0.4, 0.5) is 0 Å². The molecule has 0 radical (unpaired) electrons. The topological polar surface area (TPSA) is 61.4 Å². The van der Waals surface area contributed by atoms with Crippen molar-refractivity contribution < 1.29 is 0 Å². The number of unbranched alkanes of at least 4 members (excludes halogenated alkanes) is 2. The van der Waals surface area contributed by atoms with E-state index in [2.05, 4.69) is 62.2 Å². The molecule has 2 aromatic carbocycles. The molecule has 212 valence electrons. The van der Waals surface area contributed by atoms with Crippen molar-refractivity contribution in [3.8, 4) is 0 Å². The van der Waals surface area contributed by atoms with Gasteiger partial charge in [0.15, 0.2) is 0 Å². The van der Waals surface area contributed by atoms with Crippen LogP contribution in [0.5, 0.6) is 0 Å². The van der Waals surface area contributed by atoms with Crippen LogP contribution in [0.2, 0.25) is 0 Å². The Morgan fingerprint density at radius 3 is 0.711 bits per heavy atom. The van der Waals surface area contributed by atoms with Gasteiger partial charge in [-0.05, 0) is 41.5 Å². The summed E-state index contributed by atoms with van der Waals surface area (Å²) in [5.41, 5.74) is 4.38. The fourth-order valence-electron chi connectivity index (χ4n) is 2.27. The van der Waals surface area contributed by atoms with E-state index >= 15 is 0 Å². The Balaban J connectivity index is 0. The lowest BCUT2D eigenvalue weighted by Gasteiger charge is -1.94. The zero-order valence-electron chi connectivity index (χ0n) is 25.9. The predicted molar refractivity (Wildman–Crippen MR) is 164 cm³/mol. The van der Waals surface area contributed by atoms with E-state index in [9.17, 15) is 0 Å². The Kier molecular flexibility index (Phi) is 26.0. The molecule has 0 atom stereocenters. The summed E-state index contributed by atoms with van der Waals surface area (Å²) in [4.78, 5) is 0. The maximum atomic E-state index is 3.90. The average molecular weight is 523 g/mol. The lowest BCUT2D eigenvalue weighted by molar-refractivity contribution is 0.611. The summed E-state index contributed by atoms with van der Waals surface area (Å²) in [5, 5.41) is 15.6. The van der Waals surface area contributed by atoms with Crippen LogP contribution in [0.1, 0.15) is 90.0 Å². The van der Waals surface area contributed by atoms with Crippen molar-refractivity contribution in [2.75, 3.05) is 0 Å². The average Bonchev–Trinajstić information content (AvgIpc) is 3.50. The number of aryl methyl sites for hydroxylation is 4. The summed E-state index contributed by atoms with van der Waals surface area (Å²) < 4.78 is 3.77. The van der Waals surface area contributed by atoms with E-state index in [4.69, 9.17) is 0 Å². The number of nitrogens with zero attached hydrogens (tertiary/aromatic N) is 6. The molecule has 0 aliphatic carbocycles. The van der Waals surface area contributed by atoms with Gasteiger partial charge < -0.3 is 0 Å². The van der Waals surface area contributed by atoms with E-state index in [1.165, 1.54) is 25.7 Å². The van der Waals surface area contributed by atoms with Crippen molar-refractivity contribution in [3.05, 3.63) is 95.6 Å². The molecule has 0 saturated carbocycles. The molecule has 0 aliphatic rings. The fraction of sp³-hybridized carbons (Fsp3) is 0.500. The van der Waals surface area contributed by atoms with E-state index < -0.39 is 0 Å². The highest BCUT2D eigenvalue weighted by Crippen LogP contribution is 2.00. The van der Waals surface area contributed by atoms with Gasteiger partial charge in [-0.25, -0.2) is 9.36 Å². The van der Waals surface area contributed by atoms with Crippen LogP contribution in [0.3, 0.4) is 0 Å². The van der Waals surface area contributed by atoms with Gasteiger partial charge in [0.2, 0.25) is 0 Å². The smallest absolute Gasteiger partial charge is 0.0825 e. The molecule has 2 aromatic heterocycles. The van der Waals surface area contributed by atoms with Crippen LogP contribution >= 0.6 is 0 Å².